The summed E-state index contributed by atoms with van der Waals surface area (Å²) in [4.78, 5) is 4.35. The van der Waals surface area contributed by atoms with Gasteiger partial charge in [0.25, 0.3) is 0 Å². The average Bonchev–Trinajstić information content (AvgIpc) is 2.99. The Morgan fingerprint density at radius 2 is 2.00 bits per heavy atom. The lowest BCUT2D eigenvalue weighted by atomic mass is 10.1. The van der Waals surface area contributed by atoms with Crippen molar-refractivity contribution in [2.75, 3.05) is 11.9 Å². The van der Waals surface area contributed by atoms with Crippen molar-refractivity contribution >= 4 is 17.3 Å². The molecule has 3 aromatic rings. The van der Waals surface area contributed by atoms with Gasteiger partial charge in [-0.3, -0.25) is 9.39 Å². The van der Waals surface area contributed by atoms with Crippen molar-refractivity contribution in [2.24, 2.45) is 10.7 Å². The van der Waals surface area contributed by atoms with Gasteiger partial charge in [0, 0.05) is 24.8 Å². The van der Waals surface area contributed by atoms with Crippen molar-refractivity contribution in [3.8, 4) is 0 Å². The highest BCUT2D eigenvalue weighted by Gasteiger charge is 2.03. The molecule has 0 aliphatic rings. The van der Waals surface area contributed by atoms with Crippen LogP contribution in [0.5, 0.6) is 0 Å². The first kappa shape index (κ1) is 15.0. The second-order valence-corrected chi connectivity index (χ2v) is 5.24. The Hall–Kier alpha value is -2.89. The maximum Gasteiger partial charge on any atom is 0.193 e. The number of hydrogen-bond acceptors (Lipinski definition) is 3. The Balaban J connectivity index is 1.58. The van der Waals surface area contributed by atoms with Crippen LogP contribution >= 0.6 is 0 Å². The molecule has 0 radical (unpaired) electrons. The largest absolute Gasteiger partial charge is 0.370 e. The van der Waals surface area contributed by atoms with Gasteiger partial charge in [-0.05, 0) is 36.2 Å². The average molecular weight is 308 g/mol. The predicted octanol–water partition coefficient (Wildman–Crippen LogP) is 2.26. The zero-order valence-electron chi connectivity index (χ0n) is 13.1. The van der Waals surface area contributed by atoms with Crippen LogP contribution in [0, 0.1) is 0 Å². The number of guanidine groups is 1. The summed E-state index contributed by atoms with van der Waals surface area (Å²) in [6.07, 6.45) is 3.66. The fourth-order valence-corrected chi connectivity index (χ4v) is 2.35. The minimum absolute atomic E-state index is 0.406. The summed E-state index contributed by atoms with van der Waals surface area (Å²) in [6, 6.07) is 14.0. The van der Waals surface area contributed by atoms with Crippen molar-refractivity contribution in [3.05, 3.63) is 60.0 Å². The lowest BCUT2D eigenvalue weighted by molar-refractivity contribution is 0.847. The number of pyridine rings is 1. The zero-order chi connectivity index (χ0) is 16.1. The van der Waals surface area contributed by atoms with Crippen LogP contribution in [0.2, 0.25) is 0 Å². The monoisotopic (exact) mass is 308 g/mol. The van der Waals surface area contributed by atoms with Crippen LogP contribution in [0.1, 0.15) is 18.3 Å². The van der Waals surface area contributed by atoms with E-state index in [1.165, 1.54) is 5.56 Å². The van der Waals surface area contributed by atoms with Crippen molar-refractivity contribution in [2.45, 2.75) is 19.8 Å². The summed E-state index contributed by atoms with van der Waals surface area (Å²) in [7, 11) is 0. The van der Waals surface area contributed by atoms with Crippen molar-refractivity contribution in [3.63, 3.8) is 0 Å². The van der Waals surface area contributed by atoms with Gasteiger partial charge in [0.15, 0.2) is 11.6 Å². The molecule has 0 bridgehead atoms. The van der Waals surface area contributed by atoms with Crippen LogP contribution in [0.4, 0.5) is 5.69 Å². The number of fused-ring (bicyclic) bond motifs is 1. The molecule has 6 nitrogen and oxygen atoms in total. The minimum atomic E-state index is 0.406. The molecule has 0 atom stereocenters. The van der Waals surface area contributed by atoms with Gasteiger partial charge < -0.3 is 11.1 Å². The quantitative estimate of drug-likeness (QED) is 0.559. The third-order valence-electron chi connectivity index (χ3n) is 3.64. The third kappa shape index (κ3) is 3.66. The number of aryl methyl sites for hydroxylation is 1. The molecule has 2 aromatic heterocycles. The number of aromatic nitrogens is 3. The van der Waals surface area contributed by atoms with E-state index in [4.69, 9.17) is 5.73 Å². The highest BCUT2D eigenvalue weighted by Crippen LogP contribution is 2.09. The number of hydrogen-bond donors (Lipinski definition) is 2. The zero-order valence-corrected chi connectivity index (χ0v) is 13.1. The van der Waals surface area contributed by atoms with E-state index in [1.54, 1.807) is 0 Å². The molecule has 3 rings (SSSR count). The summed E-state index contributed by atoms with van der Waals surface area (Å²) in [5, 5.41) is 11.4. The third-order valence-corrected chi connectivity index (χ3v) is 3.64. The Labute approximate surface area is 135 Å². The summed E-state index contributed by atoms with van der Waals surface area (Å²) in [5.41, 5.74) is 9.00. The molecule has 1 aromatic carbocycles. The Morgan fingerprint density at radius 1 is 1.17 bits per heavy atom. The van der Waals surface area contributed by atoms with E-state index in [2.05, 4.69) is 39.6 Å². The molecule has 118 valence electrons. The van der Waals surface area contributed by atoms with Gasteiger partial charge in [-0.1, -0.05) is 25.1 Å². The van der Waals surface area contributed by atoms with Gasteiger partial charge in [0.05, 0.1) is 0 Å². The number of nitrogens with one attached hydrogen (secondary N) is 1. The summed E-state index contributed by atoms with van der Waals surface area (Å²) >= 11 is 0. The van der Waals surface area contributed by atoms with Crippen LogP contribution in [-0.4, -0.2) is 27.1 Å². The molecule has 0 saturated heterocycles. The molecule has 0 amide bonds. The Kier molecular flexibility index (Phi) is 4.52. The molecular weight excluding hydrogens is 288 g/mol. The molecule has 0 spiro atoms. The molecule has 0 unspecified atom stereocenters. The van der Waals surface area contributed by atoms with Crippen molar-refractivity contribution in [1.82, 2.24) is 14.6 Å². The number of nitrogens with zero attached hydrogens (tertiary/aromatic N) is 4. The topological polar surface area (TPSA) is 80.6 Å². The SMILES string of the molecule is CCc1ccc(NC(N)=NCCc2nnc3ccccn23)cc1. The normalized spacial score (nSPS) is 11.8. The molecule has 0 fully saturated rings. The summed E-state index contributed by atoms with van der Waals surface area (Å²) in [6.45, 7) is 2.69. The number of benzene rings is 1. The number of nitrogens with two attached hydrogens (primary N) is 1. The molecule has 23 heavy (non-hydrogen) atoms. The highest BCUT2D eigenvalue weighted by atomic mass is 15.2. The van der Waals surface area contributed by atoms with Gasteiger partial charge in [-0.2, -0.15) is 0 Å². The van der Waals surface area contributed by atoms with Crippen molar-refractivity contribution in [1.29, 1.82) is 0 Å². The maximum atomic E-state index is 5.92. The predicted molar refractivity (Wildman–Crippen MR) is 92.6 cm³/mol. The second kappa shape index (κ2) is 6.91. The fraction of sp³-hybridized carbons (Fsp3) is 0.235. The fourth-order valence-electron chi connectivity index (χ4n) is 2.35. The Bertz CT molecular complexity index is 803. The van der Waals surface area contributed by atoms with E-state index < -0.39 is 0 Å². The van der Waals surface area contributed by atoms with E-state index >= 15 is 0 Å². The Morgan fingerprint density at radius 3 is 2.78 bits per heavy atom. The van der Waals surface area contributed by atoms with Gasteiger partial charge >= 0.3 is 0 Å². The van der Waals surface area contributed by atoms with E-state index in [9.17, 15) is 0 Å². The van der Waals surface area contributed by atoms with E-state index in [0.29, 0.717) is 18.9 Å². The lowest BCUT2D eigenvalue weighted by Crippen LogP contribution is -2.23. The molecule has 3 N–H and O–H groups in total. The summed E-state index contributed by atoms with van der Waals surface area (Å²) in [5.74, 6) is 1.28. The van der Waals surface area contributed by atoms with Crippen LogP contribution in [-0.2, 0) is 12.8 Å². The number of anilines is 1. The number of rotatable bonds is 5. The highest BCUT2D eigenvalue weighted by molar-refractivity contribution is 5.92. The standard InChI is InChI=1S/C17H20N6/c1-2-13-6-8-14(9-7-13)20-17(18)19-11-10-16-22-21-15-5-3-4-12-23(15)16/h3-9,12H,2,10-11H2,1H3,(H3,18,19,20). The summed E-state index contributed by atoms with van der Waals surface area (Å²) < 4.78 is 1.96. The van der Waals surface area contributed by atoms with Gasteiger partial charge in [-0.25, -0.2) is 0 Å². The minimum Gasteiger partial charge on any atom is -0.370 e. The second-order valence-electron chi connectivity index (χ2n) is 5.24. The molecule has 0 aliphatic heterocycles. The van der Waals surface area contributed by atoms with Crippen LogP contribution in [0.3, 0.4) is 0 Å². The first-order chi connectivity index (χ1) is 11.3. The van der Waals surface area contributed by atoms with Crippen molar-refractivity contribution < 1.29 is 0 Å². The molecule has 2 heterocycles. The first-order valence-electron chi connectivity index (χ1n) is 7.71. The van der Waals surface area contributed by atoms with Crippen LogP contribution in [0.15, 0.2) is 53.7 Å². The maximum absolute atomic E-state index is 5.92. The van der Waals surface area contributed by atoms with Gasteiger partial charge in [0.1, 0.15) is 5.82 Å². The van der Waals surface area contributed by atoms with E-state index in [1.807, 2.05) is 40.9 Å². The van der Waals surface area contributed by atoms with E-state index in [-0.39, 0.29) is 0 Å². The lowest BCUT2D eigenvalue weighted by Gasteiger charge is -2.06. The van der Waals surface area contributed by atoms with E-state index in [0.717, 1.165) is 23.6 Å². The smallest absolute Gasteiger partial charge is 0.193 e. The molecule has 0 aliphatic carbocycles. The molecule has 6 heteroatoms. The molecular formula is C17H20N6. The van der Waals surface area contributed by atoms with Gasteiger partial charge in [0.2, 0.25) is 0 Å². The first-order valence-corrected chi connectivity index (χ1v) is 7.71. The number of aliphatic imine (C=N–C) groups is 1. The van der Waals surface area contributed by atoms with Gasteiger partial charge in [-0.15, -0.1) is 10.2 Å². The molecule has 0 saturated carbocycles. The van der Waals surface area contributed by atoms with Crippen LogP contribution in [0.25, 0.3) is 5.65 Å². The van der Waals surface area contributed by atoms with Crippen LogP contribution < -0.4 is 11.1 Å².